The van der Waals surface area contributed by atoms with Crippen LogP contribution in [-0.2, 0) is 10.9 Å². The normalized spacial score (nSPS) is 14.4. The molecule has 6 nitrogen and oxygen atoms in total. The Hall–Kier alpha value is -2.91. The van der Waals surface area contributed by atoms with Gasteiger partial charge in [0.05, 0.1) is 30.0 Å². The summed E-state index contributed by atoms with van der Waals surface area (Å²) in [5.41, 5.74) is 0.0520. The van der Waals surface area contributed by atoms with E-state index in [-0.39, 0.29) is 5.52 Å². The second kappa shape index (κ2) is 8.85. The fraction of sp³-hybridized carbons (Fsp3) is 0.333. The standard InChI is InChI=1S/C20H18F3N3O2.CH4O/c1-13-4-2-3-5-16(13)26-17-12-14(20(21,22)23)6-7-15(17)18(24-19(26)27)25-8-10-28-11-9-25;1-2/h2-7,12H,8-11H2,1H3;2H,1H3. The lowest BCUT2D eigenvalue weighted by Gasteiger charge is -2.29. The molecule has 1 saturated heterocycles. The Bertz CT molecular complexity index is 1090. The fourth-order valence-corrected chi connectivity index (χ4v) is 3.45. The summed E-state index contributed by atoms with van der Waals surface area (Å²) in [5, 5.41) is 7.50. The van der Waals surface area contributed by atoms with Gasteiger partial charge in [-0.15, -0.1) is 0 Å². The molecule has 0 unspecified atom stereocenters. The lowest BCUT2D eigenvalue weighted by Crippen LogP contribution is -2.38. The molecule has 0 saturated carbocycles. The number of halogens is 3. The molecular formula is C21H22F3N3O3. The van der Waals surface area contributed by atoms with E-state index in [1.807, 2.05) is 11.0 Å². The van der Waals surface area contributed by atoms with Gasteiger partial charge in [-0.2, -0.15) is 18.2 Å². The molecule has 1 aromatic heterocycles. The van der Waals surface area contributed by atoms with Gasteiger partial charge in [-0.05, 0) is 36.8 Å². The molecule has 0 bridgehead atoms. The van der Waals surface area contributed by atoms with Crippen molar-refractivity contribution in [1.82, 2.24) is 9.55 Å². The summed E-state index contributed by atoms with van der Waals surface area (Å²) in [7, 11) is 1.00. The molecule has 1 N–H and O–H groups in total. The van der Waals surface area contributed by atoms with Crippen molar-refractivity contribution in [2.75, 3.05) is 38.3 Å². The van der Waals surface area contributed by atoms with Gasteiger partial charge in [-0.3, -0.25) is 4.57 Å². The number of hydrogen-bond donors (Lipinski definition) is 1. The average Bonchev–Trinajstić information content (AvgIpc) is 2.75. The van der Waals surface area contributed by atoms with Crippen LogP contribution in [0.1, 0.15) is 11.1 Å². The van der Waals surface area contributed by atoms with E-state index in [2.05, 4.69) is 4.98 Å². The molecule has 0 spiro atoms. The smallest absolute Gasteiger partial charge is 0.400 e. The van der Waals surface area contributed by atoms with Crippen LogP contribution in [0.5, 0.6) is 0 Å². The van der Waals surface area contributed by atoms with Gasteiger partial charge in [-0.1, -0.05) is 18.2 Å². The minimum absolute atomic E-state index is 0.186. The molecule has 0 aliphatic carbocycles. The van der Waals surface area contributed by atoms with Crippen LogP contribution in [0.4, 0.5) is 19.0 Å². The van der Waals surface area contributed by atoms with Crippen LogP contribution in [0.2, 0.25) is 0 Å². The molecule has 1 aliphatic heterocycles. The number of aryl methyl sites for hydroxylation is 1. The number of fused-ring (bicyclic) bond motifs is 1. The lowest BCUT2D eigenvalue weighted by molar-refractivity contribution is -0.137. The summed E-state index contributed by atoms with van der Waals surface area (Å²) in [6.07, 6.45) is -4.51. The number of rotatable bonds is 2. The summed E-state index contributed by atoms with van der Waals surface area (Å²) >= 11 is 0. The molecule has 0 amide bonds. The zero-order valence-corrected chi connectivity index (χ0v) is 16.6. The zero-order valence-electron chi connectivity index (χ0n) is 16.6. The molecule has 2 aromatic carbocycles. The Morgan fingerprint density at radius 2 is 1.73 bits per heavy atom. The first-order valence-electron chi connectivity index (χ1n) is 9.34. The topological polar surface area (TPSA) is 67.6 Å². The van der Waals surface area contributed by atoms with Gasteiger partial charge in [0.1, 0.15) is 5.82 Å². The van der Waals surface area contributed by atoms with Gasteiger partial charge < -0.3 is 14.7 Å². The first-order valence-corrected chi connectivity index (χ1v) is 9.34. The highest BCUT2D eigenvalue weighted by Crippen LogP contribution is 2.34. The van der Waals surface area contributed by atoms with E-state index in [4.69, 9.17) is 9.84 Å². The van der Waals surface area contributed by atoms with Crippen molar-refractivity contribution in [2.45, 2.75) is 13.1 Å². The van der Waals surface area contributed by atoms with Crippen LogP contribution < -0.4 is 10.6 Å². The number of aliphatic hydroxyl groups is 1. The van der Waals surface area contributed by atoms with E-state index >= 15 is 0 Å². The van der Waals surface area contributed by atoms with Crippen LogP contribution in [-0.4, -0.2) is 48.1 Å². The summed E-state index contributed by atoms with van der Waals surface area (Å²) in [6, 6.07) is 10.5. The molecular weight excluding hydrogens is 399 g/mol. The number of para-hydroxylation sites is 1. The van der Waals surface area contributed by atoms with Crippen molar-refractivity contribution in [3.63, 3.8) is 0 Å². The molecule has 1 fully saturated rings. The van der Waals surface area contributed by atoms with E-state index in [1.165, 1.54) is 10.6 Å². The quantitative estimate of drug-likeness (QED) is 0.689. The monoisotopic (exact) mass is 421 g/mol. The van der Waals surface area contributed by atoms with Crippen LogP contribution in [0.3, 0.4) is 0 Å². The Morgan fingerprint density at radius 1 is 1.07 bits per heavy atom. The molecule has 3 aromatic rings. The SMILES string of the molecule is CO.Cc1ccccc1-n1c(=O)nc(N2CCOCC2)c2ccc(C(F)(F)F)cc21. The molecule has 9 heteroatoms. The van der Waals surface area contributed by atoms with Gasteiger partial charge in [0.2, 0.25) is 0 Å². The highest BCUT2D eigenvalue weighted by atomic mass is 19.4. The number of aromatic nitrogens is 2. The van der Waals surface area contributed by atoms with Crippen LogP contribution in [0, 0.1) is 6.92 Å². The molecule has 2 heterocycles. The van der Waals surface area contributed by atoms with Gasteiger partial charge in [0.25, 0.3) is 0 Å². The van der Waals surface area contributed by atoms with E-state index in [9.17, 15) is 18.0 Å². The van der Waals surface area contributed by atoms with Crippen molar-refractivity contribution in [3.8, 4) is 5.69 Å². The Kier molecular flexibility index (Phi) is 6.42. The summed E-state index contributed by atoms with van der Waals surface area (Å²) in [4.78, 5) is 19.0. The summed E-state index contributed by atoms with van der Waals surface area (Å²) in [6.45, 7) is 3.81. The second-order valence-corrected chi connectivity index (χ2v) is 6.67. The maximum absolute atomic E-state index is 13.4. The number of ether oxygens (including phenoxy) is 1. The van der Waals surface area contributed by atoms with Gasteiger partial charge in [0, 0.05) is 25.6 Å². The zero-order chi connectivity index (χ0) is 21.9. The minimum Gasteiger partial charge on any atom is -0.400 e. The third-order valence-electron chi connectivity index (χ3n) is 4.87. The molecule has 0 atom stereocenters. The predicted octanol–water partition coefficient (Wildman–Crippen LogP) is 3.16. The molecule has 4 rings (SSSR count). The maximum atomic E-state index is 13.4. The average molecular weight is 421 g/mol. The first kappa shape index (κ1) is 21.8. The number of morpholine rings is 1. The second-order valence-electron chi connectivity index (χ2n) is 6.67. The Morgan fingerprint density at radius 3 is 2.37 bits per heavy atom. The van der Waals surface area contributed by atoms with Gasteiger partial charge in [-0.25, -0.2) is 4.79 Å². The number of alkyl halides is 3. The van der Waals surface area contributed by atoms with E-state index in [1.54, 1.807) is 25.1 Å². The van der Waals surface area contributed by atoms with Gasteiger partial charge >= 0.3 is 11.9 Å². The maximum Gasteiger partial charge on any atom is 0.416 e. The first-order chi connectivity index (χ1) is 14.4. The van der Waals surface area contributed by atoms with Crippen LogP contribution in [0.25, 0.3) is 16.6 Å². The largest absolute Gasteiger partial charge is 0.416 e. The minimum atomic E-state index is -4.51. The number of benzene rings is 2. The number of nitrogens with zero attached hydrogens (tertiary/aromatic N) is 3. The summed E-state index contributed by atoms with van der Waals surface area (Å²) in [5.74, 6) is 0.391. The fourth-order valence-electron chi connectivity index (χ4n) is 3.45. The molecule has 160 valence electrons. The highest BCUT2D eigenvalue weighted by Gasteiger charge is 2.31. The van der Waals surface area contributed by atoms with Gasteiger partial charge in [0.15, 0.2) is 0 Å². The Labute approximate surface area is 171 Å². The molecule has 1 aliphatic rings. The van der Waals surface area contributed by atoms with Crippen molar-refractivity contribution < 1.29 is 23.0 Å². The highest BCUT2D eigenvalue weighted by molar-refractivity contribution is 5.91. The Balaban J connectivity index is 0.00000124. The molecule has 0 radical (unpaired) electrons. The summed E-state index contributed by atoms with van der Waals surface area (Å²) < 4.78 is 46.7. The van der Waals surface area contributed by atoms with Crippen molar-refractivity contribution in [3.05, 3.63) is 64.1 Å². The van der Waals surface area contributed by atoms with E-state index < -0.39 is 17.4 Å². The van der Waals surface area contributed by atoms with E-state index in [0.29, 0.717) is 43.2 Å². The predicted molar refractivity (Wildman–Crippen MR) is 108 cm³/mol. The number of aliphatic hydroxyl groups excluding tert-OH is 1. The third-order valence-corrected chi connectivity index (χ3v) is 4.87. The third kappa shape index (κ3) is 4.17. The van der Waals surface area contributed by atoms with Crippen molar-refractivity contribution in [2.24, 2.45) is 0 Å². The van der Waals surface area contributed by atoms with Crippen LogP contribution >= 0.6 is 0 Å². The molecule has 30 heavy (non-hydrogen) atoms. The van der Waals surface area contributed by atoms with Crippen LogP contribution in [0.15, 0.2) is 47.3 Å². The van der Waals surface area contributed by atoms with Crippen molar-refractivity contribution in [1.29, 1.82) is 0 Å². The van der Waals surface area contributed by atoms with E-state index in [0.717, 1.165) is 24.8 Å². The number of anilines is 1. The number of hydrogen-bond acceptors (Lipinski definition) is 5. The van der Waals surface area contributed by atoms with Crippen molar-refractivity contribution >= 4 is 16.7 Å². The lowest BCUT2D eigenvalue weighted by atomic mass is 10.1.